The molecule has 0 bridgehead atoms. The number of esters is 2. The van der Waals surface area contributed by atoms with E-state index >= 15 is 0 Å². The molecule has 0 heterocycles. The minimum absolute atomic E-state index is 0.0568. The molecule has 0 aromatic rings. The highest BCUT2D eigenvalue weighted by atomic mass is 16.6. The summed E-state index contributed by atoms with van der Waals surface area (Å²) >= 11 is 0. The zero-order valence-electron chi connectivity index (χ0n) is 10.7. The first-order valence-electron chi connectivity index (χ1n) is 6.09. The normalized spacial score (nSPS) is 10.0. The predicted octanol–water partition coefficient (Wildman–Crippen LogP) is 1.69. The summed E-state index contributed by atoms with van der Waals surface area (Å²) in [5, 5.41) is 0. The lowest BCUT2D eigenvalue weighted by atomic mass is 10.3. The SMILES string of the molecule is CCCCOC(=O)CCCOCC(=O)OCC. The Balaban J connectivity index is 3.27. The van der Waals surface area contributed by atoms with Crippen molar-refractivity contribution in [1.82, 2.24) is 0 Å². The highest BCUT2D eigenvalue weighted by Crippen LogP contribution is 1.96. The molecule has 5 nitrogen and oxygen atoms in total. The van der Waals surface area contributed by atoms with Crippen LogP contribution in [0, 0.1) is 0 Å². The van der Waals surface area contributed by atoms with Crippen molar-refractivity contribution in [3.63, 3.8) is 0 Å². The van der Waals surface area contributed by atoms with E-state index in [0.29, 0.717) is 32.7 Å². The Morgan fingerprint density at radius 3 is 2.35 bits per heavy atom. The molecule has 0 aliphatic heterocycles. The number of rotatable bonds is 10. The summed E-state index contributed by atoms with van der Waals surface area (Å²) in [5.74, 6) is -0.587. The van der Waals surface area contributed by atoms with Crippen molar-refractivity contribution in [2.75, 3.05) is 26.4 Å². The van der Waals surface area contributed by atoms with E-state index in [4.69, 9.17) is 9.47 Å². The van der Waals surface area contributed by atoms with Gasteiger partial charge in [0.25, 0.3) is 0 Å². The van der Waals surface area contributed by atoms with Gasteiger partial charge in [-0.2, -0.15) is 0 Å². The van der Waals surface area contributed by atoms with Crippen molar-refractivity contribution in [2.24, 2.45) is 0 Å². The van der Waals surface area contributed by atoms with Gasteiger partial charge in [-0.15, -0.1) is 0 Å². The molecule has 0 aliphatic carbocycles. The summed E-state index contributed by atoms with van der Waals surface area (Å²) in [7, 11) is 0. The van der Waals surface area contributed by atoms with Crippen molar-refractivity contribution in [2.45, 2.75) is 39.5 Å². The number of ether oxygens (including phenoxy) is 3. The van der Waals surface area contributed by atoms with Crippen LogP contribution in [0.5, 0.6) is 0 Å². The Kier molecular flexibility index (Phi) is 10.7. The fourth-order valence-corrected chi connectivity index (χ4v) is 1.08. The van der Waals surface area contributed by atoms with Gasteiger partial charge >= 0.3 is 11.9 Å². The molecule has 0 amide bonds. The predicted molar refractivity (Wildman–Crippen MR) is 62.6 cm³/mol. The van der Waals surface area contributed by atoms with E-state index in [0.717, 1.165) is 12.8 Å². The number of carbonyl (C=O) groups excluding carboxylic acids is 2. The molecule has 17 heavy (non-hydrogen) atoms. The van der Waals surface area contributed by atoms with Crippen LogP contribution in [0.25, 0.3) is 0 Å². The van der Waals surface area contributed by atoms with Gasteiger partial charge in [0, 0.05) is 13.0 Å². The topological polar surface area (TPSA) is 61.8 Å². The Labute approximate surface area is 102 Å². The van der Waals surface area contributed by atoms with E-state index in [1.54, 1.807) is 6.92 Å². The molecule has 0 rings (SSSR count). The van der Waals surface area contributed by atoms with Gasteiger partial charge in [-0.25, -0.2) is 4.79 Å². The average Bonchev–Trinajstić information content (AvgIpc) is 2.29. The van der Waals surface area contributed by atoms with Crippen LogP contribution in [-0.4, -0.2) is 38.4 Å². The lowest BCUT2D eigenvalue weighted by Crippen LogP contribution is -2.13. The third-order valence-electron chi connectivity index (χ3n) is 1.96. The second kappa shape index (κ2) is 11.4. The molecule has 0 aromatic carbocycles. The van der Waals surface area contributed by atoms with E-state index in [-0.39, 0.29) is 18.5 Å². The quantitative estimate of drug-likeness (QED) is 0.433. The van der Waals surface area contributed by atoms with Crippen LogP contribution in [0.3, 0.4) is 0 Å². The Bertz CT molecular complexity index is 215. The van der Waals surface area contributed by atoms with E-state index < -0.39 is 0 Å². The molecular weight excluding hydrogens is 224 g/mol. The molecule has 0 spiro atoms. The van der Waals surface area contributed by atoms with Crippen LogP contribution in [-0.2, 0) is 23.8 Å². The number of unbranched alkanes of at least 4 members (excludes halogenated alkanes) is 1. The molecule has 100 valence electrons. The number of hydrogen-bond donors (Lipinski definition) is 0. The largest absolute Gasteiger partial charge is 0.466 e. The number of carbonyl (C=O) groups is 2. The summed E-state index contributed by atoms with van der Waals surface area (Å²) in [6.07, 6.45) is 2.79. The van der Waals surface area contributed by atoms with Crippen LogP contribution < -0.4 is 0 Å². The summed E-state index contributed by atoms with van der Waals surface area (Å²) in [6.45, 7) is 4.92. The zero-order valence-corrected chi connectivity index (χ0v) is 10.7. The van der Waals surface area contributed by atoms with Crippen molar-refractivity contribution in [1.29, 1.82) is 0 Å². The summed E-state index contributed by atoms with van der Waals surface area (Å²) in [6, 6.07) is 0. The first-order valence-corrected chi connectivity index (χ1v) is 6.09. The smallest absolute Gasteiger partial charge is 0.332 e. The molecule has 0 aromatic heterocycles. The standard InChI is InChI=1S/C12H22O5/c1-3-5-9-17-11(13)7-6-8-15-10-12(14)16-4-2/h3-10H2,1-2H3. The van der Waals surface area contributed by atoms with Gasteiger partial charge in [-0.05, 0) is 19.8 Å². The van der Waals surface area contributed by atoms with Crippen molar-refractivity contribution in [3.8, 4) is 0 Å². The van der Waals surface area contributed by atoms with E-state index in [2.05, 4.69) is 4.74 Å². The molecule has 5 heteroatoms. The lowest BCUT2D eigenvalue weighted by molar-refractivity contribution is -0.148. The van der Waals surface area contributed by atoms with Gasteiger partial charge in [0.2, 0.25) is 0 Å². The Morgan fingerprint density at radius 2 is 1.71 bits per heavy atom. The number of hydrogen-bond acceptors (Lipinski definition) is 5. The van der Waals surface area contributed by atoms with Gasteiger partial charge < -0.3 is 14.2 Å². The van der Waals surface area contributed by atoms with E-state index in [1.165, 1.54) is 0 Å². The highest BCUT2D eigenvalue weighted by Gasteiger charge is 2.04. The van der Waals surface area contributed by atoms with Crippen LogP contribution >= 0.6 is 0 Å². The zero-order chi connectivity index (χ0) is 12.9. The van der Waals surface area contributed by atoms with E-state index in [1.807, 2.05) is 6.92 Å². The van der Waals surface area contributed by atoms with Gasteiger partial charge in [0.1, 0.15) is 6.61 Å². The maximum Gasteiger partial charge on any atom is 0.332 e. The summed E-state index contributed by atoms with van der Waals surface area (Å²) in [5.41, 5.74) is 0. The van der Waals surface area contributed by atoms with Gasteiger partial charge in [-0.3, -0.25) is 4.79 Å². The molecule has 0 aliphatic rings. The lowest BCUT2D eigenvalue weighted by Gasteiger charge is -2.05. The Hall–Kier alpha value is -1.10. The van der Waals surface area contributed by atoms with Gasteiger partial charge in [0.15, 0.2) is 0 Å². The molecular formula is C12H22O5. The van der Waals surface area contributed by atoms with Crippen molar-refractivity contribution < 1.29 is 23.8 Å². The fourth-order valence-electron chi connectivity index (χ4n) is 1.08. The Morgan fingerprint density at radius 1 is 0.941 bits per heavy atom. The fraction of sp³-hybridized carbons (Fsp3) is 0.833. The summed E-state index contributed by atoms with van der Waals surface area (Å²) in [4.78, 5) is 22.0. The highest BCUT2D eigenvalue weighted by molar-refractivity contribution is 5.70. The van der Waals surface area contributed by atoms with Gasteiger partial charge in [-0.1, -0.05) is 13.3 Å². The van der Waals surface area contributed by atoms with Gasteiger partial charge in [0.05, 0.1) is 13.2 Å². The molecule has 0 saturated heterocycles. The average molecular weight is 246 g/mol. The van der Waals surface area contributed by atoms with Crippen molar-refractivity contribution >= 4 is 11.9 Å². The molecule has 0 radical (unpaired) electrons. The third kappa shape index (κ3) is 11.2. The maximum atomic E-state index is 11.1. The monoisotopic (exact) mass is 246 g/mol. The minimum atomic E-state index is -0.377. The second-order valence-electron chi connectivity index (χ2n) is 3.54. The molecule has 0 saturated carbocycles. The molecule has 0 unspecified atom stereocenters. The third-order valence-corrected chi connectivity index (χ3v) is 1.96. The summed E-state index contributed by atoms with van der Waals surface area (Å²) < 4.78 is 14.7. The molecule has 0 atom stereocenters. The molecule has 0 N–H and O–H groups in total. The minimum Gasteiger partial charge on any atom is -0.466 e. The van der Waals surface area contributed by atoms with Crippen LogP contribution in [0.15, 0.2) is 0 Å². The van der Waals surface area contributed by atoms with Crippen LogP contribution in [0.1, 0.15) is 39.5 Å². The van der Waals surface area contributed by atoms with Crippen LogP contribution in [0.4, 0.5) is 0 Å². The first kappa shape index (κ1) is 15.9. The van der Waals surface area contributed by atoms with Crippen molar-refractivity contribution in [3.05, 3.63) is 0 Å². The van der Waals surface area contributed by atoms with E-state index in [9.17, 15) is 9.59 Å². The van der Waals surface area contributed by atoms with Crippen LogP contribution in [0.2, 0.25) is 0 Å². The maximum absolute atomic E-state index is 11.1. The first-order chi connectivity index (χ1) is 8.20. The molecule has 0 fully saturated rings. The second-order valence-corrected chi connectivity index (χ2v) is 3.54.